The van der Waals surface area contributed by atoms with Crippen molar-refractivity contribution in [2.75, 3.05) is 32.8 Å². The molecule has 1 atom stereocenters. The van der Waals surface area contributed by atoms with Gasteiger partial charge in [-0.3, -0.25) is 9.69 Å². The quantitative estimate of drug-likeness (QED) is 0.630. The summed E-state index contributed by atoms with van der Waals surface area (Å²) in [4.78, 5) is 13.3. The SMILES string of the molecule is CCCNC(C)(CCN(CC)CC(F)(F)F)C(=O)OCC. The summed E-state index contributed by atoms with van der Waals surface area (Å²) >= 11 is 0. The predicted octanol–water partition coefficient (Wildman–Crippen LogP) is 2.58. The maximum atomic E-state index is 12.4. The third kappa shape index (κ3) is 8.26. The molecule has 7 heteroatoms. The molecule has 1 unspecified atom stereocenters. The predicted molar refractivity (Wildman–Crippen MR) is 76.1 cm³/mol. The second-order valence-electron chi connectivity index (χ2n) is 5.21. The first-order valence-electron chi connectivity index (χ1n) is 7.39. The van der Waals surface area contributed by atoms with Gasteiger partial charge in [0.1, 0.15) is 5.54 Å². The molecule has 21 heavy (non-hydrogen) atoms. The lowest BCUT2D eigenvalue weighted by molar-refractivity contribution is -0.152. The van der Waals surface area contributed by atoms with E-state index in [9.17, 15) is 18.0 Å². The molecule has 0 aliphatic carbocycles. The van der Waals surface area contributed by atoms with Crippen LogP contribution in [-0.2, 0) is 9.53 Å². The molecule has 0 aliphatic rings. The largest absolute Gasteiger partial charge is 0.465 e. The zero-order valence-corrected chi connectivity index (χ0v) is 13.3. The Morgan fingerprint density at radius 1 is 1.24 bits per heavy atom. The van der Waals surface area contributed by atoms with Crippen LogP contribution in [0.15, 0.2) is 0 Å². The number of hydrogen-bond donors (Lipinski definition) is 1. The number of ether oxygens (including phenoxy) is 1. The molecule has 0 fully saturated rings. The summed E-state index contributed by atoms with van der Waals surface area (Å²) < 4.78 is 42.4. The van der Waals surface area contributed by atoms with E-state index in [0.29, 0.717) is 6.54 Å². The molecule has 0 saturated heterocycles. The lowest BCUT2D eigenvalue weighted by atomic mass is 9.97. The van der Waals surface area contributed by atoms with E-state index in [1.807, 2.05) is 6.92 Å². The molecule has 0 aliphatic heterocycles. The average Bonchev–Trinajstić information content (AvgIpc) is 2.40. The minimum atomic E-state index is -4.23. The van der Waals surface area contributed by atoms with E-state index in [-0.39, 0.29) is 26.1 Å². The van der Waals surface area contributed by atoms with Gasteiger partial charge in [0.05, 0.1) is 13.2 Å². The van der Waals surface area contributed by atoms with E-state index in [2.05, 4.69) is 5.32 Å². The van der Waals surface area contributed by atoms with E-state index >= 15 is 0 Å². The summed E-state index contributed by atoms with van der Waals surface area (Å²) in [5, 5.41) is 3.09. The number of nitrogens with one attached hydrogen (secondary N) is 1. The van der Waals surface area contributed by atoms with Gasteiger partial charge in [-0.2, -0.15) is 13.2 Å². The molecule has 0 aromatic heterocycles. The number of carbonyl (C=O) groups excluding carboxylic acids is 1. The van der Waals surface area contributed by atoms with Crippen LogP contribution in [0.3, 0.4) is 0 Å². The van der Waals surface area contributed by atoms with Crippen LogP contribution in [0.2, 0.25) is 0 Å². The van der Waals surface area contributed by atoms with Crippen LogP contribution in [0.5, 0.6) is 0 Å². The fourth-order valence-electron chi connectivity index (χ4n) is 1.94. The van der Waals surface area contributed by atoms with E-state index in [4.69, 9.17) is 4.74 Å². The highest BCUT2D eigenvalue weighted by molar-refractivity contribution is 5.80. The van der Waals surface area contributed by atoms with Crippen molar-refractivity contribution >= 4 is 5.97 Å². The Bertz CT molecular complexity index is 311. The van der Waals surface area contributed by atoms with Gasteiger partial charge in [-0.15, -0.1) is 0 Å². The molecule has 0 bridgehead atoms. The summed E-state index contributed by atoms with van der Waals surface area (Å²) in [6, 6.07) is 0. The van der Waals surface area contributed by atoms with Gasteiger partial charge in [-0.25, -0.2) is 0 Å². The molecule has 0 aromatic carbocycles. The van der Waals surface area contributed by atoms with Crippen molar-refractivity contribution in [1.29, 1.82) is 0 Å². The smallest absolute Gasteiger partial charge is 0.401 e. The average molecular weight is 312 g/mol. The van der Waals surface area contributed by atoms with Crippen LogP contribution in [-0.4, -0.2) is 55.4 Å². The van der Waals surface area contributed by atoms with Crippen LogP contribution in [0.4, 0.5) is 13.2 Å². The van der Waals surface area contributed by atoms with Crippen molar-refractivity contribution in [2.45, 2.75) is 52.3 Å². The van der Waals surface area contributed by atoms with E-state index < -0.39 is 24.2 Å². The Morgan fingerprint density at radius 2 is 1.86 bits per heavy atom. The maximum Gasteiger partial charge on any atom is 0.401 e. The molecule has 1 N–H and O–H groups in total. The van der Waals surface area contributed by atoms with Gasteiger partial charge in [-0.05, 0) is 39.8 Å². The lowest BCUT2D eigenvalue weighted by Crippen LogP contribution is -2.53. The van der Waals surface area contributed by atoms with Crippen molar-refractivity contribution < 1.29 is 22.7 Å². The van der Waals surface area contributed by atoms with Gasteiger partial charge in [0.2, 0.25) is 0 Å². The van der Waals surface area contributed by atoms with Gasteiger partial charge >= 0.3 is 12.1 Å². The molecule has 0 aromatic rings. The standard InChI is InChI=1S/C14H27F3N2O2/c1-5-9-18-13(4,12(20)21-7-3)8-10-19(6-2)11-14(15,16)17/h18H,5-11H2,1-4H3. The molecule has 126 valence electrons. The zero-order valence-electron chi connectivity index (χ0n) is 13.3. The first-order valence-corrected chi connectivity index (χ1v) is 7.39. The molecule has 4 nitrogen and oxygen atoms in total. The van der Waals surface area contributed by atoms with Crippen LogP contribution >= 0.6 is 0 Å². The first kappa shape index (κ1) is 20.2. The second kappa shape index (κ2) is 9.25. The third-order valence-electron chi connectivity index (χ3n) is 3.27. The number of hydrogen-bond acceptors (Lipinski definition) is 4. The monoisotopic (exact) mass is 312 g/mol. The Balaban J connectivity index is 4.68. The molecular weight excluding hydrogens is 285 g/mol. The summed E-state index contributed by atoms with van der Waals surface area (Å²) in [5.74, 6) is -0.415. The van der Waals surface area contributed by atoms with Gasteiger partial charge in [0.15, 0.2) is 0 Å². The topological polar surface area (TPSA) is 41.6 Å². The first-order chi connectivity index (χ1) is 9.68. The van der Waals surface area contributed by atoms with Crippen molar-refractivity contribution in [3.8, 4) is 0 Å². The third-order valence-corrected chi connectivity index (χ3v) is 3.27. The van der Waals surface area contributed by atoms with Crippen LogP contribution in [0.25, 0.3) is 0 Å². The maximum absolute atomic E-state index is 12.4. The van der Waals surface area contributed by atoms with Crippen molar-refractivity contribution in [2.24, 2.45) is 0 Å². The van der Waals surface area contributed by atoms with Gasteiger partial charge in [0.25, 0.3) is 0 Å². The zero-order chi connectivity index (χ0) is 16.5. The Labute approximate surface area is 125 Å². The Hall–Kier alpha value is -0.820. The molecule has 0 saturated carbocycles. The number of esters is 1. The number of nitrogens with zero attached hydrogens (tertiary/aromatic N) is 1. The van der Waals surface area contributed by atoms with Gasteiger partial charge in [-0.1, -0.05) is 13.8 Å². The van der Waals surface area contributed by atoms with Gasteiger partial charge in [0, 0.05) is 6.54 Å². The highest BCUT2D eigenvalue weighted by atomic mass is 19.4. The van der Waals surface area contributed by atoms with Crippen molar-refractivity contribution in [3.05, 3.63) is 0 Å². The molecule has 0 radical (unpaired) electrons. The highest BCUT2D eigenvalue weighted by Crippen LogP contribution is 2.19. The molecule has 0 amide bonds. The second-order valence-corrected chi connectivity index (χ2v) is 5.21. The van der Waals surface area contributed by atoms with Crippen LogP contribution < -0.4 is 5.32 Å². The van der Waals surface area contributed by atoms with E-state index in [1.54, 1.807) is 20.8 Å². The molecule has 0 heterocycles. The van der Waals surface area contributed by atoms with Crippen molar-refractivity contribution in [1.82, 2.24) is 10.2 Å². The minimum absolute atomic E-state index is 0.183. The number of carbonyl (C=O) groups is 1. The fraction of sp³-hybridized carbons (Fsp3) is 0.929. The summed E-state index contributed by atoms with van der Waals surface area (Å²) in [5.41, 5.74) is -0.953. The Morgan fingerprint density at radius 3 is 2.29 bits per heavy atom. The van der Waals surface area contributed by atoms with Crippen LogP contribution in [0, 0.1) is 0 Å². The summed E-state index contributed by atoms with van der Waals surface area (Å²) in [7, 11) is 0. The fourth-order valence-corrected chi connectivity index (χ4v) is 1.94. The summed E-state index contributed by atoms with van der Waals surface area (Å²) in [6.07, 6.45) is -3.13. The summed E-state index contributed by atoms with van der Waals surface area (Å²) in [6.45, 7) is 7.39. The van der Waals surface area contributed by atoms with E-state index in [1.165, 1.54) is 4.90 Å². The number of alkyl halides is 3. The minimum Gasteiger partial charge on any atom is -0.465 e. The van der Waals surface area contributed by atoms with Gasteiger partial charge < -0.3 is 10.1 Å². The van der Waals surface area contributed by atoms with Crippen molar-refractivity contribution in [3.63, 3.8) is 0 Å². The number of rotatable bonds is 10. The van der Waals surface area contributed by atoms with Crippen LogP contribution in [0.1, 0.15) is 40.5 Å². The molecule has 0 rings (SSSR count). The molecule has 0 spiro atoms. The number of halogens is 3. The Kier molecular flexibility index (Phi) is 8.89. The lowest BCUT2D eigenvalue weighted by Gasteiger charge is -2.31. The highest BCUT2D eigenvalue weighted by Gasteiger charge is 2.36. The molecular formula is C14H27F3N2O2. The van der Waals surface area contributed by atoms with E-state index in [0.717, 1.165) is 6.42 Å². The normalized spacial score (nSPS) is 15.0.